The largest absolute Gasteiger partial charge is 0.339 e. The van der Waals surface area contributed by atoms with Crippen LogP contribution in [-0.2, 0) is 0 Å². The SMILES string of the molecule is CCCC(CCC)c1nc(C(N)CN2CCCCC2)no1. The van der Waals surface area contributed by atoms with Crippen molar-refractivity contribution in [2.24, 2.45) is 5.73 Å². The highest BCUT2D eigenvalue weighted by Gasteiger charge is 2.22. The van der Waals surface area contributed by atoms with Gasteiger partial charge in [0.25, 0.3) is 0 Å². The Balaban J connectivity index is 1.93. The molecule has 0 aromatic carbocycles. The summed E-state index contributed by atoms with van der Waals surface area (Å²) in [5.41, 5.74) is 6.26. The molecule has 1 aromatic rings. The van der Waals surface area contributed by atoms with Gasteiger partial charge in [0.1, 0.15) is 0 Å². The highest BCUT2D eigenvalue weighted by Crippen LogP contribution is 2.25. The molecule has 1 fully saturated rings. The summed E-state index contributed by atoms with van der Waals surface area (Å²) in [5.74, 6) is 1.85. The van der Waals surface area contributed by atoms with Crippen molar-refractivity contribution in [3.8, 4) is 0 Å². The Morgan fingerprint density at radius 3 is 2.43 bits per heavy atom. The van der Waals surface area contributed by atoms with E-state index in [2.05, 4.69) is 28.9 Å². The number of rotatable bonds is 8. The summed E-state index contributed by atoms with van der Waals surface area (Å²) in [7, 11) is 0. The lowest BCUT2D eigenvalue weighted by Gasteiger charge is -2.27. The smallest absolute Gasteiger partial charge is 0.229 e. The Morgan fingerprint density at radius 2 is 1.81 bits per heavy atom. The molecular formula is C16H30N4O. The molecule has 2 heterocycles. The zero-order chi connectivity index (χ0) is 15.1. The van der Waals surface area contributed by atoms with Gasteiger partial charge in [-0.15, -0.1) is 0 Å². The molecule has 1 aliphatic rings. The number of likely N-dealkylation sites (tertiary alicyclic amines) is 1. The number of aromatic nitrogens is 2. The summed E-state index contributed by atoms with van der Waals surface area (Å²) in [4.78, 5) is 7.00. The summed E-state index contributed by atoms with van der Waals surface area (Å²) in [6.07, 6.45) is 8.39. The summed E-state index contributed by atoms with van der Waals surface area (Å²) < 4.78 is 5.48. The van der Waals surface area contributed by atoms with Gasteiger partial charge in [-0.05, 0) is 38.8 Å². The van der Waals surface area contributed by atoms with Crippen LogP contribution in [0.4, 0.5) is 0 Å². The van der Waals surface area contributed by atoms with Crippen LogP contribution in [-0.4, -0.2) is 34.7 Å². The van der Waals surface area contributed by atoms with Crippen LogP contribution in [0.15, 0.2) is 4.52 Å². The average Bonchev–Trinajstić information content (AvgIpc) is 2.98. The fourth-order valence-corrected chi connectivity index (χ4v) is 3.15. The van der Waals surface area contributed by atoms with Gasteiger partial charge in [-0.2, -0.15) is 4.98 Å². The van der Waals surface area contributed by atoms with Crippen molar-refractivity contribution in [3.05, 3.63) is 11.7 Å². The highest BCUT2D eigenvalue weighted by molar-refractivity contribution is 4.98. The molecule has 2 N–H and O–H groups in total. The van der Waals surface area contributed by atoms with E-state index in [1.54, 1.807) is 0 Å². The molecule has 1 atom stereocenters. The van der Waals surface area contributed by atoms with E-state index >= 15 is 0 Å². The fraction of sp³-hybridized carbons (Fsp3) is 0.875. The van der Waals surface area contributed by atoms with Crippen LogP contribution in [0.2, 0.25) is 0 Å². The first-order chi connectivity index (χ1) is 10.2. The van der Waals surface area contributed by atoms with Gasteiger partial charge in [-0.3, -0.25) is 0 Å². The van der Waals surface area contributed by atoms with Gasteiger partial charge in [0.05, 0.1) is 6.04 Å². The molecule has 120 valence electrons. The molecule has 0 amide bonds. The minimum absolute atomic E-state index is 0.135. The fourth-order valence-electron chi connectivity index (χ4n) is 3.15. The third-order valence-electron chi connectivity index (χ3n) is 4.32. The molecule has 5 heteroatoms. The van der Waals surface area contributed by atoms with E-state index in [0.717, 1.165) is 51.2 Å². The topological polar surface area (TPSA) is 68.2 Å². The minimum Gasteiger partial charge on any atom is -0.339 e. The second-order valence-electron chi connectivity index (χ2n) is 6.23. The second-order valence-corrected chi connectivity index (χ2v) is 6.23. The van der Waals surface area contributed by atoms with Crippen molar-refractivity contribution >= 4 is 0 Å². The van der Waals surface area contributed by atoms with Crippen LogP contribution < -0.4 is 5.73 Å². The number of nitrogens with zero attached hydrogens (tertiary/aromatic N) is 3. The van der Waals surface area contributed by atoms with E-state index < -0.39 is 0 Å². The molecule has 2 rings (SSSR count). The molecule has 1 unspecified atom stereocenters. The van der Waals surface area contributed by atoms with Crippen molar-refractivity contribution < 1.29 is 4.52 Å². The Morgan fingerprint density at radius 1 is 1.14 bits per heavy atom. The van der Waals surface area contributed by atoms with Crippen LogP contribution in [0.25, 0.3) is 0 Å². The minimum atomic E-state index is -0.135. The first-order valence-corrected chi connectivity index (χ1v) is 8.56. The van der Waals surface area contributed by atoms with Crippen LogP contribution in [0, 0.1) is 0 Å². The van der Waals surface area contributed by atoms with Gasteiger partial charge < -0.3 is 15.2 Å². The van der Waals surface area contributed by atoms with Crippen molar-refractivity contribution in [2.45, 2.75) is 70.8 Å². The lowest BCUT2D eigenvalue weighted by atomic mass is 9.98. The predicted octanol–water partition coefficient (Wildman–Crippen LogP) is 3.24. The number of hydrogen-bond acceptors (Lipinski definition) is 5. The lowest BCUT2D eigenvalue weighted by molar-refractivity contribution is 0.213. The van der Waals surface area contributed by atoms with Gasteiger partial charge in [-0.25, -0.2) is 0 Å². The zero-order valence-corrected chi connectivity index (χ0v) is 13.6. The molecule has 0 aliphatic carbocycles. The standard InChI is InChI=1S/C16H30N4O/c1-3-8-13(9-4-2)16-18-15(19-21-16)14(17)12-20-10-6-5-7-11-20/h13-14H,3-12,17H2,1-2H3. The molecule has 0 saturated carbocycles. The van der Waals surface area contributed by atoms with Gasteiger partial charge in [0, 0.05) is 12.5 Å². The van der Waals surface area contributed by atoms with E-state index in [-0.39, 0.29) is 6.04 Å². The zero-order valence-electron chi connectivity index (χ0n) is 13.6. The molecule has 0 bridgehead atoms. The molecule has 0 spiro atoms. The van der Waals surface area contributed by atoms with Gasteiger partial charge >= 0.3 is 0 Å². The van der Waals surface area contributed by atoms with Crippen LogP contribution >= 0.6 is 0 Å². The quantitative estimate of drug-likeness (QED) is 0.797. The van der Waals surface area contributed by atoms with Crippen molar-refractivity contribution in [3.63, 3.8) is 0 Å². The van der Waals surface area contributed by atoms with Crippen LogP contribution in [0.1, 0.15) is 82.5 Å². The normalized spacial score (nSPS) is 18.3. The monoisotopic (exact) mass is 294 g/mol. The Kier molecular flexibility index (Phi) is 6.64. The average molecular weight is 294 g/mol. The Hall–Kier alpha value is -0.940. The Bertz CT molecular complexity index is 395. The van der Waals surface area contributed by atoms with Gasteiger partial charge in [0.15, 0.2) is 5.82 Å². The summed E-state index contributed by atoms with van der Waals surface area (Å²) in [6, 6.07) is -0.135. The van der Waals surface area contributed by atoms with Crippen LogP contribution in [0.5, 0.6) is 0 Å². The molecule has 0 radical (unpaired) electrons. The van der Waals surface area contributed by atoms with E-state index in [9.17, 15) is 0 Å². The Labute approximate surface area is 128 Å². The first-order valence-electron chi connectivity index (χ1n) is 8.56. The maximum atomic E-state index is 6.26. The third-order valence-corrected chi connectivity index (χ3v) is 4.32. The van der Waals surface area contributed by atoms with E-state index in [4.69, 9.17) is 10.3 Å². The molecule has 21 heavy (non-hydrogen) atoms. The maximum Gasteiger partial charge on any atom is 0.229 e. The second kappa shape index (κ2) is 8.49. The van der Waals surface area contributed by atoms with Crippen molar-refractivity contribution in [2.75, 3.05) is 19.6 Å². The number of hydrogen-bond donors (Lipinski definition) is 1. The first kappa shape index (κ1) is 16.4. The third kappa shape index (κ3) is 4.78. The number of nitrogens with two attached hydrogens (primary N) is 1. The van der Waals surface area contributed by atoms with Crippen molar-refractivity contribution in [1.82, 2.24) is 15.0 Å². The summed E-state index contributed by atoms with van der Waals surface area (Å²) in [5, 5.41) is 4.13. The number of piperidine rings is 1. The molecule has 1 aromatic heterocycles. The van der Waals surface area contributed by atoms with Gasteiger partial charge in [0.2, 0.25) is 5.89 Å². The van der Waals surface area contributed by atoms with E-state index in [1.165, 1.54) is 19.3 Å². The summed E-state index contributed by atoms with van der Waals surface area (Å²) in [6.45, 7) is 7.52. The van der Waals surface area contributed by atoms with E-state index in [1.807, 2.05) is 0 Å². The lowest BCUT2D eigenvalue weighted by Crippen LogP contribution is -2.36. The predicted molar refractivity (Wildman–Crippen MR) is 84.1 cm³/mol. The van der Waals surface area contributed by atoms with Crippen molar-refractivity contribution in [1.29, 1.82) is 0 Å². The van der Waals surface area contributed by atoms with Crippen LogP contribution in [0.3, 0.4) is 0 Å². The molecule has 1 saturated heterocycles. The highest BCUT2D eigenvalue weighted by atomic mass is 16.5. The molecule has 5 nitrogen and oxygen atoms in total. The van der Waals surface area contributed by atoms with Gasteiger partial charge in [-0.1, -0.05) is 38.3 Å². The molecule has 1 aliphatic heterocycles. The maximum absolute atomic E-state index is 6.26. The van der Waals surface area contributed by atoms with E-state index in [0.29, 0.717) is 11.7 Å². The summed E-state index contributed by atoms with van der Waals surface area (Å²) >= 11 is 0. The molecular weight excluding hydrogens is 264 g/mol.